The molecule has 1 amide bonds. The molecular formula is C17H14ClN3O2. The van der Waals surface area contributed by atoms with Gasteiger partial charge in [0.05, 0.1) is 29.1 Å². The summed E-state index contributed by atoms with van der Waals surface area (Å²) in [4.78, 5) is 12.6. The Kier molecular flexibility index (Phi) is 4.30. The van der Waals surface area contributed by atoms with Crippen molar-refractivity contribution in [3.05, 3.63) is 71.5 Å². The highest BCUT2D eigenvalue weighted by Crippen LogP contribution is 2.27. The minimum atomic E-state index is -0.272. The minimum Gasteiger partial charge on any atom is -0.497 e. The lowest BCUT2D eigenvalue weighted by molar-refractivity contribution is 0.102. The van der Waals surface area contributed by atoms with E-state index in [1.165, 1.54) is 0 Å². The first kappa shape index (κ1) is 15.1. The SMILES string of the molecule is COc1ccc(Cl)c(NC(=O)c2ccccc2-n2cccn2)c1. The molecule has 0 fully saturated rings. The number of benzene rings is 2. The number of ether oxygens (including phenoxy) is 1. The van der Waals surface area contributed by atoms with Gasteiger partial charge in [-0.2, -0.15) is 5.10 Å². The van der Waals surface area contributed by atoms with Crippen LogP contribution < -0.4 is 10.1 Å². The number of methoxy groups -OCH3 is 1. The van der Waals surface area contributed by atoms with Gasteiger partial charge >= 0.3 is 0 Å². The summed E-state index contributed by atoms with van der Waals surface area (Å²) in [7, 11) is 1.56. The number of hydrogen-bond donors (Lipinski definition) is 1. The van der Waals surface area contributed by atoms with E-state index < -0.39 is 0 Å². The van der Waals surface area contributed by atoms with Crippen molar-refractivity contribution in [1.29, 1.82) is 0 Å². The lowest BCUT2D eigenvalue weighted by atomic mass is 10.1. The van der Waals surface area contributed by atoms with Gasteiger partial charge in [0.15, 0.2) is 0 Å². The Balaban J connectivity index is 1.93. The number of anilines is 1. The van der Waals surface area contributed by atoms with Crippen LogP contribution in [0.1, 0.15) is 10.4 Å². The van der Waals surface area contributed by atoms with Gasteiger partial charge in [-0.25, -0.2) is 4.68 Å². The Bertz CT molecular complexity index is 832. The number of hydrogen-bond acceptors (Lipinski definition) is 3. The van der Waals surface area contributed by atoms with Crippen molar-refractivity contribution in [3.8, 4) is 11.4 Å². The van der Waals surface area contributed by atoms with E-state index in [0.717, 1.165) is 0 Å². The Morgan fingerprint density at radius 1 is 1.22 bits per heavy atom. The standard InChI is InChI=1S/C17H14ClN3O2/c1-23-12-7-8-14(18)15(11-12)20-17(22)13-5-2-3-6-16(13)21-10-4-9-19-21/h2-11H,1H3,(H,20,22). The summed E-state index contributed by atoms with van der Waals surface area (Å²) >= 11 is 6.14. The number of nitrogens with one attached hydrogen (secondary N) is 1. The largest absolute Gasteiger partial charge is 0.497 e. The molecule has 0 aliphatic rings. The molecule has 0 aliphatic carbocycles. The maximum Gasteiger partial charge on any atom is 0.257 e. The molecule has 0 spiro atoms. The van der Waals surface area contributed by atoms with E-state index in [4.69, 9.17) is 16.3 Å². The van der Waals surface area contributed by atoms with Gasteiger partial charge in [-0.3, -0.25) is 4.79 Å². The number of rotatable bonds is 4. The zero-order valence-electron chi connectivity index (χ0n) is 12.4. The fourth-order valence-corrected chi connectivity index (χ4v) is 2.36. The highest BCUT2D eigenvalue weighted by atomic mass is 35.5. The molecule has 1 heterocycles. The second-order valence-electron chi connectivity index (χ2n) is 4.77. The van der Waals surface area contributed by atoms with Crippen LogP contribution in [0.5, 0.6) is 5.75 Å². The number of halogens is 1. The molecule has 5 nitrogen and oxygen atoms in total. The average Bonchev–Trinajstić information content (AvgIpc) is 3.11. The second kappa shape index (κ2) is 6.54. The molecule has 1 N–H and O–H groups in total. The Morgan fingerprint density at radius 3 is 2.78 bits per heavy atom. The Labute approximate surface area is 138 Å². The highest BCUT2D eigenvalue weighted by Gasteiger charge is 2.14. The smallest absolute Gasteiger partial charge is 0.257 e. The number of carbonyl (C=O) groups excluding carboxylic acids is 1. The quantitative estimate of drug-likeness (QED) is 0.793. The highest BCUT2D eigenvalue weighted by molar-refractivity contribution is 6.34. The second-order valence-corrected chi connectivity index (χ2v) is 5.17. The summed E-state index contributed by atoms with van der Waals surface area (Å²) in [5.74, 6) is 0.344. The molecule has 0 saturated carbocycles. The monoisotopic (exact) mass is 327 g/mol. The first-order chi connectivity index (χ1) is 11.2. The van der Waals surface area contributed by atoms with Crippen molar-refractivity contribution in [1.82, 2.24) is 9.78 Å². The average molecular weight is 328 g/mol. The summed E-state index contributed by atoms with van der Waals surface area (Å²) in [5, 5.41) is 7.42. The Morgan fingerprint density at radius 2 is 2.04 bits per heavy atom. The first-order valence-electron chi connectivity index (χ1n) is 6.93. The molecule has 3 rings (SSSR count). The molecule has 23 heavy (non-hydrogen) atoms. The third kappa shape index (κ3) is 3.19. The molecule has 6 heteroatoms. The van der Waals surface area contributed by atoms with Gasteiger partial charge in [0.1, 0.15) is 5.75 Å². The van der Waals surface area contributed by atoms with Crippen molar-refractivity contribution in [2.24, 2.45) is 0 Å². The van der Waals surface area contributed by atoms with Gasteiger partial charge in [-0.15, -0.1) is 0 Å². The lowest BCUT2D eigenvalue weighted by Crippen LogP contribution is -2.15. The van der Waals surface area contributed by atoms with Gasteiger partial charge in [0.2, 0.25) is 0 Å². The van der Waals surface area contributed by atoms with Crippen LogP contribution in [0.25, 0.3) is 5.69 Å². The molecule has 116 valence electrons. The van der Waals surface area contributed by atoms with E-state index in [1.54, 1.807) is 60.6 Å². The molecule has 2 aromatic carbocycles. The van der Waals surface area contributed by atoms with E-state index in [-0.39, 0.29) is 5.91 Å². The van der Waals surface area contributed by atoms with Crippen LogP contribution in [-0.4, -0.2) is 22.8 Å². The molecular weight excluding hydrogens is 314 g/mol. The van der Waals surface area contributed by atoms with Crippen LogP contribution in [0.4, 0.5) is 5.69 Å². The van der Waals surface area contributed by atoms with Crippen molar-refractivity contribution >= 4 is 23.2 Å². The number of carbonyl (C=O) groups is 1. The zero-order valence-corrected chi connectivity index (χ0v) is 13.1. The van der Waals surface area contributed by atoms with Crippen molar-refractivity contribution in [3.63, 3.8) is 0 Å². The van der Waals surface area contributed by atoms with Crippen LogP contribution >= 0.6 is 11.6 Å². The molecule has 0 radical (unpaired) electrons. The molecule has 0 unspecified atom stereocenters. The Hall–Kier alpha value is -2.79. The fourth-order valence-electron chi connectivity index (χ4n) is 2.19. The van der Waals surface area contributed by atoms with E-state index >= 15 is 0 Å². The molecule has 1 aromatic heterocycles. The number of nitrogens with zero attached hydrogens (tertiary/aromatic N) is 2. The van der Waals surface area contributed by atoms with E-state index in [9.17, 15) is 4.79 Å². The van der Waals surface area contributed by atoms with Crippen molar-refractivity contribution in [2.75, 3.05) is 12.4 Å². The number of aromatic nitrogens is 2. The van der Waals surface area contributed by atoms with Crippen LogP contribution in [0, 0.1) is 0 Å². The van der Waals surface area contributed by atoms with Crippen LogP contribution in [0.3, 0.4) is 0 Å². The van der Waals surface area contributed by atoms with Gasteiger partial charge in [-0.1, -0.05) is 23.7 Å². The molecule has 0 atom stereocenters. The lowest BCUT2D eigenvalue weighted by Gasteiger charge is -2.12. The zero-order chi connectivity index (χ0) is 16.2. The maximum absolute atomic E-state index is 12.6. The molecule has 0 saturated heterocycles. The molecule has 0 bridgehead atoms. The van der Waals surface area contributed by atoms with Crippen LogP contribution in [0.15, 0.2) is 60.9 Å². The normalized spacial score (nSPS) is 10.3. The molecule has 3 aromatic rings. The predicted molar refractivity (Wildman–Crippen MR) is 89.5 cm³/mol. The topological polar surface area (TPSA) is 56.1 Å². The fraction of sp³-hybridized carbons (Fsp3) is 0.0588. The van der Waals surface area contributed by atoms with E-state index in [0.29, 0.717) is 27.7 Å². The number of para-hydroxylation sites is 1. The number of amides is 1. The summed E-state index contributed by atoms with van der Waals surface area (Å²) in [6, 6.07) is 14.1. The third-order valence-electron chi connectivity index (χ3n) is 3.32. The van der Waals surface area contributed by atoms with Gasteiger partial charge in [-0.05, 0) is 30.3 Å². The summed E-state index contributed by atoms with van der Waals surface area (Å²) < 4.78 is 6.80. The summed E-state index contributed by atoms with van der Waals surface area (Å²) in [6.07, 6.45) is 3.44. The van der Waals surface area contributed by atoms with E-state index in [2.05, 4.69) is 10.4 Å². The van der Waals surface area contributed by atoms with Crippen molar-refractivity contribution in [2.45, 2.75) is 0 Å². The minimum absolute atomic E-state index is 0.272. The first-order valence-corrected chi connectivity index (χ1v) is 7.31. The predicted octanol–water partition coefficient (Wildman–Crippen LogP) is 3.79. The molecule has 0 aliphatic heterocycles. The maximum atomic E-state index is 12.6. The van der Waals surface area contributed by atoms with Gasteiger partial charge < -0.3 is 10.1 Å². The van der Waals surface area contributed by atoms with Crippen LogP contribution in [0.2, 0.25) is 5.02 Å². The summed E-state index contributed by atoms with van der Waals surface area (Å²) in [5.41, 5.74) is 1.68. The van der Waals surface area contributed by atoms with E-state index in [1.807, 2.05) is 12.1 Å². The van der Waals surface area contributed by atoms with Gasteiger partial charge in [0, 0.05) is 18.5 Å². The van der Waals surface area contributed by atoms with Gasteiger partial charge in [0.25, 0.3) is 5.91 Å². The summed E-state index contributed by atoms with van der Waals surface area (Å²) in [6.45, 7) is 0. The van der Waals surface area contributed by atoms with Crippen molar-refractivity contribution < 1.29 is 9.53 Å². The third-order valence-corrected chi connectivity index (χ3v) is 3.65. The van der Waals surface area contributed by atoms with Crippen LogP contribution in [-0.2, 0) is 0 Å².